The molecule has 22 heavy (non-hydrogen) atoms. The number of hydrazine groups is 1. The Morgan fingerprint density at radius 2 is 1.95 bits per heavy atom. The summed E-state index contributed by atoms with van der Waals surface area (Å²) < 4.78 is 4.50. The molecule has 0 atom stereocenters. The lowest BCUT2D eigenvalue weighted by atomic mass is 10.1. The Morgan fingerprint density at radius 3 is 2.36 bits per heavy atom. The minimum absolute atomic E-state index is 0.00242. The van der Waals surface area contributed by atoms with Crippen LogP contribution in [0.4, 0.5) is 16.2 Å². The van der Waals surface area contributed by atoms with Gasteiger partial charge in [-0.3, -0.25) is 15.5 Å². The Bertz CT molecular complexity index is 608. The molecule has 1 aromatic rings. The van der Waals surface area contributed by atoms with E-state index in [0.29, 0.717) is 0 Å². The van der Waals surface area contributed by atoms with Crippen molar-refractivity contribution in [2.75, 3.05) is 12.5 Å². The second-order valence-electron chi connectivity index (χ2n) is 5.38. The van der Waals surface area contributed by atoms with Gasteiger partial charge in [0.1, 0.15) is 5.69 Å². The Labute approximate surface area is 126 Å². The van der Waals surface area contributed by atoms with Gasteiger partial charge in [-0.1, -0.05) is 0 Å². The van der Waals surface area contributed by atoms with Gasteiger partial charge in [0.2, 0.25) is 0 Å². The van der Waals surface area contributed by atoms with Crippen LogP contribution in [0.25, 0.3) is 0 Å². The van der Waals surface area contributed by atoms with Crippen molar-refractivity contribution < 1.29 is 24.4 Å². The highest BCUT2D eigenvalue weighted by Gasteiger charge is 2.29. The Kier molecular flexibility index (Phi) is 4.92. The fourth-order valence-electron chi connectivity index (χ4n) is 1.64. The second kappa shape index (κ2) is 6.29. The number of carboxylic acid groups (broad SMARTS) is 1. The average molecular weight is 311 g/mol. The number of rotatable bonds is 4. The highest BCUT2D eigenvalue weighted by molar-refractivity contribution is 5.91. The van der Waals surface area contributed by atoms with Crippen LogP contribution in [0.2, 0.25) is 0 Å². The molecule has 0 bridgehead atoms. The first-order chi connectivity index (χ1) is 10.1. The van der Waals surface area contributed by atoms with Gasteiger partial charge in [-0.2, -0.15) is 0 Å². The van der Waals surface area contributed by atoms with Crippen molar-refractivity contribution in [2.24, 2.45) is 0 Å². The molecule has 1 aromatic carbocycles. The van der Waals surface area contributed by atoms with Crippen LogP contribution in [0.5, 0.6) is 0 Å². The number of anilines is 1. The minimum atomic E-state index is -1.29. The van der Waals surface area contributed by atoms with Gasteiger partial charge in [-0.25, -0.2) is 14.6 Å². The van der Waals surface area contributed by atoms with Gasteiger partial charge in [0, 0.05) is 6.07 Å². The molecule has 0 saturated heterocycles. The summed E-state index contributed by atoms with van der Waals surface area (Å²) in [6.07, 6.45) is -1.29. The van der Waals surface area contributed by atoms with Crippen LogP contribution in [0.15, 0.2) is 18.2 Å². The van der Waals surface area contributed by atoms with Crippen molar-refractivity contribution in [3.63, 3.8) is 0 Å². The Morgan fingerprint density at radius 1 is 1.36 bits per heavy atom. The topological polar surface area (TPSA) is 122 Å². The van der Waals surface area contributed by atoms with E-state index < -0.39 is 28.2 Å². The molecule has 2 N–H and O–H groups in total. The Hall–Kier alpha value is -2.84. The third-order valence-electron chi connectivity index (χ3n) is 2.71. The number of hydrogen-bond donors (Lipinski definition) is 2. The first kappa shape index (κ1) is 17.2. The van der Waals surface area contributed by atoms with Crippen LogP contribution in [0.3, 0.4) is 0 Å². The molecule has 0 fully saturated rings. The highest BCUT2D eigenvalue weighted by atomic mass is 16.6. The molecule has 120 valence electrons. The van der Waals surface area contributed by atoms with E-state index in [1.54, 1.807) is 20.8 Å². The summed E-state index contributed by atoms with van der Waals surface area (Å²) in [5.41, 5.74) is 1.18. The normalized spacial score (nSPS) is 10.7. The molecule has 0 saturated carbocycles. The number of carbonyl (C=O) groups excluding carboxylic acids is 1. The van der Waals surface area contributed by atoms with Crippen LogP contribution in [0.1, 0.15) is 31.1 Å². The zero-order valence-corrected chi connectivity index (χ0v) is 12.6. The molecule has 1 amide bonds. The predicted octanol–water partition coefficient (Wildman–Crippen LogP) is 2.49. The summed E-state index contributed by atoms with van der Waals surface area (Å²) >= 11 is 0. The monoisotopic (exact) mass is 311 g/mol. The van der Waals surface area contributed by atoms with Crippen LogP contribution in [-0.4, -0.2) is 39.8 Å². The lowest BCUT2D eigenvalue weighted by Gasteiger charge is -2.33. The zero-order valence-electron chi connectivity index (χ0n) is 12.6. The molecule has 0 spiro atoms. The first-order valence-corrected chi connectivity index (χ1v) is 6.24. The first-order valence-electron chi connectivity index (χ1n) is 6.24. The van der Waals surface area contributed by atoms with Crippen molar-refractivity contribution in [3.8, 4) is 0 Å². The smallest absolute Gasteiger partial charge is 0.426 e. The van der Waals surface area contributed by atoms with E-state index in [2.05, 4.69) is 10.2 Å². The van der Waals surface area contributed by atoms with Crippen LogP contribution in [-0.2, 0) is 4.74 Å². The zero-order chi connectivity index (χ0) is 17.1. The van der Waals surface area contributed by atoms with Crippen LogP contribution in [0, 0.1) is 10.1 Å². The third-order valence-corrected chi connectivity index (χ3v) is 2.71. The fraction of sp³-hybridized carbons (Fsp3) is 0.385. The van der Waals surface area contributed by atoms with Crippen molar-refractivity contribution in [2.45, 2.75) is 26.3 Å². The quantitative estimate of drug-likeness (QED) is 0.497. The number of esters is 1. The van der Waals surface area contributed by atoms with Crippen molar-refractivity contribution in [1.29, 1.82) is 0 Å². The van der Waals surface area contributed by atoms with Gasteiger partial charge in [-0.05, 0) is 32.9 Å². The molecule has 9 nitrogen and oxygen atoms in total. The summed E-state index contributed by atoms with van der Waals surface area (Å²) in [4.78, 5) is 33.1. The summed E-state index contributed by atoms with van der Waals surface area (Å²) in [6.45, 7) is 4.88. The van der Waals surface area contributed by atoms with Crippen molar-refractivity contribution >= 4 is 23.4 Å². The summed E-state index contributed by atoms with van der Waals surface area (Å²) in [5, 5.41) is 21.2. The molecular weight excluding hydrogens is 294 g/mol. The van der Waals surface area contributed by atoms with Crippen molar-refractivity contribution in [1.82, 2.24) is 5.01 Å². The number of nitrogens with zero attached hydrogens (tertiary/aromatic N) is 2. The van der Waals surface area contributed by atoms with E-state index in [1.165, 1.54) is 12.1 Å². The molecule has 0 radical (unpaired) electrons. The van der Waals surface area contributed by atoms with Gasteiger partial charge < -0.3 is 9.84 Å². The van der Waals surface area contributed by atoms with Gasteiger partial charge >= 0.3 is 12.1 Å². The number of methoxy groups -OCH3 is 1. The number of hydrogen-bond acceptors (Lipinski definition) is 6. The molecule has 0 heterocycles. The maximum absolute atomic E-state index is 11.4. The second-order valence-corrected chi connectivity index (χ2v) is 5.38. The maximum Gasteiger partial charge on any atom is 0.426 e. The standard InChI is InChI=1S/C13H17N3O6/c1-13(2,3)15(12(18)19)14-9-6-5-8(11(17)22-4)7-10(9)16(20)21/h5-7,14H,1-4H3,(H,18,19). The highest BCUT2D eigenvalue weighted by Crippen LogP contribution is 2.28. The molecular formula is C13H17N3O6. The summed E-state index contributed by atoms with van der Waals surface area (Å²) in [5.74, 6) is -0.722. The van der Waals surface area contributed by atoms with Gasteiger partial charge in [0.25, 0.3) is 5.69 Å². The third kappa shape index (κ3) is 3.84. The van der Waals surface area contributed by atoms with Gasteiger partial charge in [-0.15, -0.1) is 0 Å². The van der Waals surface area contributed by atoms with Crippen molar-refractivity contribution in [3.05, 3.63) is 33.9 Å². The largest absolute Gasteiger partial charge is 0.465 e. The Balaban J connectivity index is 3.27. The number of carbonyl (C=O) groups is 2. The molecule has 9 heteroatoms. The number of nitrogens with one attached hydrogen (secondary N) is 1. The molecule has 0 aliphatic carbocycles. The lowest BCUT2D eigenvalue weighted by Crippen LogP contribution is -2.48. The number of nitro benzene ring substituents is 1. The van der Waals surface area contributed by atoms with Crippen LogP contribution < -0.4 is 5.43 Å². The van der Waals surface area contributed by atoms with E-state index in [0.717, 1.165) is 18.2 Å². The molecule has 0 aromatic heterocycles. The molecule has 0 aliphatic rings. The minimum Gasteiger partial charge on any atom is -0.465 e. The van der Waals surface area contributed by atoms with E-state index in [-0.39, 0.29) is 11.3 Å². The molecule has 0 aliphatic heterocycles. The maximum atomic E-state index is 11.4. The van der Waals surface area contributed by atoms with Gasteiger partial charge in [0.05, 0.1) is 23.1 Å². The lowest BCUT2D eigenvalue weighted by molar-refractivity contribution is -0.384. The van der Waals surface area contributed by atoms with Crippen LogP contribution >= 0.6 is 0 Å². The SMILES string of the molecule is COC(=O)c1ccc(NN(C(=O)O)C(C)(C)C)c([N+](=O)[O-])c1. The number of ether oxygens (including phenoxy) is 1. The predicted molar refractivity (Wildman–Crippen MR) is 77.7 cm³/mol. The molecule has 0 unspecified atom stereocenters. The summed E-state index contributed by atoms with van der Waals surface area (Å²) in [7, 11) is 1.16. The molecule has 1 rings (SSSR count). The number of amides is 1. The van der Waals surface area contributed by atoms with E-state index >= 15 is 0 Å². The van der Waals surface area contributed by atoms with E-state index in [4.69, 9.17) is 0 Å². The average Bonchev–Trinajstić information content (AvgIpc) is 2.41. The van der Waals surface area contributed by atoms with Gasteiger partial charge in [0.15, 0.2) is 0 Å². The summed E-state index contributed by atoms with van der Waals surface area (Å²) in [6, 6.07) is 3.59. The van der Waals surface area contributed by atoms with E-state index in [1.807, 2.05) is 0 Å². The number of nitro groups is 1. The fourth-order valence-corrected chi connectivity index (χ4v) is 1.64. The van der Waals surface area contributed by atoms with E-state index in [9.17, 15) is 24.8 Å². The number of benzene rings is 1.